The maximum Gasteiger partial charge on any atom is 0.245 e. The van der Waals surface area contributed by atoms with Gasteiger partial charge in [-0.05, 0) is 47.3 Å². The van der Waals surface area contributed by atoms with Gasteiger partial charge in [0.05, 0.1) is 6.20 Å². The lowest BCUT2D eigenvalue weighted by Crippen LogP contribution is -2.52. The second-order valence-electron chi connectivity index (χ2n) is 4.35. The third-order valence-electron chi connectivity index (χ3n) is 3.43. The lowest BCUT2D eigenvalue weighted by Gasteiger charge is -2.38. The first-order valence-corrected chi connectivity index (χ1v) is 6.23. The van der Waals surface area contributed by atoms with Crippen LogP contribution < -0.4 is 5.73 Å². The number of pyridine rings is 1. The average Bonchev–Trinajstić information content (AvgIpc) is 2.60. The molecule has 2 aromatic heterocycles. The summed E-state index contributed by atoms with van der Waals surface area (Å²) in [6, 6.07) is 3.77. The molecule has 5 nitrogen and oxygen atoms in total. The summed E-state index contributed by atoms with van der Waals surface area (Å²) in [4.78, 5) is 16.0. The Morgan fingerprint density at radius 1 is 1.47 bits per heavy atom. The normalized spacial score (nSPS) is 17.9. The molecule has 0 bridgehead atoms. The molecule has 2 N–H and O–H groups in total. The van der Waals surface area contributed by atoms with Crippen LogP contribution in [0.1, 0.15) is 19.3 Å². The van der Waals surface area contributed by atoms with E-state index < -0.39 is 5.54 Å². The van der Waals surface area contributed by atoms with Gasteiger partial charge in [-0.2, -0.15) is 5.10 Å². The molecule has 0 radical (unpaired) electrons. The van der Waals surface area contributed by atoms with Crippen molar-refractivity contribution in [1.29, 1.82) is 0 Å². The van der Waals surface area contributed by atoms with Crippen LogP contribution in [0.15, 0.2) is 22.9 Å². The number of carbonyl (C=O) groups is 1. The van der Waals surface area contributed by atoms with Gasteiger partial charge in [0.1, 0.15) is 10.1 Å². The van der Waals surface area contributed by atoms with Gasteiger partial charge in [-0.25, -0.2) is 9.67 Å². The summed E-state index contributed by atoms with van der Waals surface area (Å²) >= 11 is 3.33. The minimum atomic E-state index is -0.671. The maximum absolute atomic E-state index is 11.7. The van der Waals surface area contributed by atoms with Crippen LogP contribution in [0.5, 0.6) is 0 Å². The van der Waals surface area contributed by atoms with E-state index in [1.54, 1.807) is 10.9 Å². The summed E-state index contributed by atoms with van der Waals surface area (Å²) in [5.74, 6) is -0.324. The Kier molecular flexibility index (Phi) is 2.22. The van der Waals surface area contributed by atoms with E-state index in [0.717, 1.165) is 29.3 Å². The van der Waals surface area contributed by atoms with E-state index in [1.165, 1.54) is 0 Å². The fraction of sp³-hybridized carbons (Fsp3) is 0.364. The Labute approximate surface area is 106 Å². The third kappa shape index (κ3) is 1.40. The molecule has 88 valence electrons. The SMILES string of the molecule is NC(=O)C1(n2ncc3ccc(Br)nc32)CCC1. The van der Waals surface area contributed by atoms with Gasteiger partial charge in [0.2, 0.25) is 5.91 Å². The number of carbonyl (C=O) groups excluding carboxylic acids is 1. The minimum absolute atomic E-state index is 0.324. The lowest BCUT2D eigenvalue weighted by atomic mass is 9.76. The van der Waals surface area contributed by atoms with Crippen molar-refractivity contribution >= 4 is 32.9 Å². The second-order valence-corrected chi connectivity index (χ2v) is 5.17. The number of hydrogen-bond acceptors (Lipinski definition) is 3. The highest BCUT2D eigenvalue weighted by Gasteiger charge is 2.46. The van der Waals surface area contributed by atoms with Crippen LogP contribution in [0.25, 0.3) is 11.0 Å². The number of primary amides is 1. The first-order valence-electron chi connectivity index (χ1n) is 5.44. The molecule has 3 rings (SSSR count). The Bertz CT molecular complexity index is 603. The Balaban J connectivity index is 2.23. The molecule has 0 unspecified atom stereocenters. The van der Waals surface area contributed by atoms with Gasteiger partial charge in [0.25, 0.3) is 0 Å². The van der Waals surface area contributed by atoms with E-state index in [-0.39, 0.29) is 5.91 Å². The fourth-order valence-electron chi connectivity index (χ4n) is 2.27. The molecule has 1 amide bonds. The predicted octanol–water partition coefficient (Wildman–Crippen LogP) is 1.56. The quantitative estimate of drug-likeness (QED) is 0.854. The van der Waals surface area contributed by atoms with Gasteiger partial charge in [0.15, 0.2) is 5.65 Å². The number of halogens is 1. The summed E-state index contributed by atoms with van der Waals surface area (Å²) < 4.78 is 2.41. The van der Waals surface area contributed by atoms with Gasteiger partial charge >= 0.3 is 0 Å². The van der Waals surface area contributed by atoms with E-state index in [9.17, 15) is 4.79 Å². The summed E-state index contributed by atoms with van der Waals surface area (Å²) in [7, 11) is 0. The first-order chi connectivity index (χ1) is 8.13. The average molecular weight is 295 g/mol. The maximum atomic E-state index is 11.7. The lowest BCUT2D eigenvalue weighted by molar-refractivity contribution is -0.131. The van der Waals surface area contributed by atoms with Crippen LogP contribution >= 0.6 is 15.9 Å². The molecule has 2 heterocycles. The van der Waals surface area contributed by atoms with Crippen LogP contribution in [-0.2, 0) is 10.3 Å². The molecular weight excluding hydrogens is 284 g/mol. The van der Waals surface area contributed by atoms with Crippen molar-refractivity contribution in [3.63, 3.8) is 0 Å². The first kappa shape index (κ1) is 10.7. The zero-order valence-electron chi connectivity index (χ0n) is 9.06. The fourth-order valence-corrected chi connectivity index (χ4v) is 2.57. The molecular formula is C11H11BrN4O. The molecule has 0 saturated heterocycles. The molecule has 0 aliphatic heterocycles. The number of aromatic nitrogens is 3. The van der Waals surface area contributed by atoms with E-state index in [0.29, 0.717) is 5.65 Å². The minimum Gasteiger partial charge on any atom is -0.368 e. The van der Waals surface area contributed by atoms with Crippen LogP contribution in [-0.4, -0.2) is 20.7 Å². The largest absolute Gasteiger partial charge is 0.368 e. The number of nitrogens with zero attached hydrogens (tertiary/aromatic N) is 3. The van der Waals surface area contributed by atoms with Gasteiger partial charge in [0, 0.05) is 5.39 Å². The number of amides is 1. The van der Waals surface area contributed by atoms with E-state index >= 15 is 0 Å². The zero-order chi connectivity index (χ0) is 12.0. The van der Waals surface area contributed by atoms with Crippen LogP contribution in [0.2, 0.25) is 0 Å². The number of nitrogens with two attached hydrogens (primary N) is 1. The Morgan fingerprint density at radius 3 is 2.82 bits per heavy atom. The second kappa shape index (κ2) is 3.53. The molecule has 0 atom stereocenters. The molecule has 6 heteroatoms. The van der Waals surface area contributed by atoms with Crippen LogP contribution in [0, 0.1) is 0 Å². The monoisotopic (exact) mass is 294 g/mol. The van der Waals surface area contributed by atoms with E-state index in [2.05, 4.69) is 26.0 Å². The third-order valence-corrected chi connectivity index (χ3v) is 3.87. The number of hydrogen-bond donors (Lipinski definition) is 1. The number of rotatable bonds is 2. The Morgan fingerprint density at radius 2 is 2.24 bits per heavy atom. The highest BCUT2D eigenvalue weighted by atomic mass is 79.9. The van der Waals surface area contributed by atoms with E-state index in [1.807, 2.05) is 12.1 Å². The standard InChI is InChI=1S/C11H11BrN4O/c12-8-3-2-7-6-14-16(9(7)15-8)11(10(13)17)4-1-5-11/h2-3,6H,1,4-5H2,(H2,13,17). The van der Waals surface area contributed by atoms with Crippen LogP contribution in [0.4, 0.5) is 0 Å². The van der Waals surface area contributed by atoms with Gasteiger partial charge in [-0.15, -0.1) is 0 Å². The zero-order valence-corrected chi connectivity index (χ0v) is 10.6. The summed E-state index contributed by atoms with van der Waals surface area (Å²) in [6.07, 6.45) is 4.21. The summed E-state index contributed by atoms with van der Waals surface area (Å²) in [5.41, 5.74) is 5.55. The van der Waals surface area contributed by atoms with Crippen molar-refractivity contribution in [2.45, 2.75) is 24.8 Å². The highest BCUT2D eigenvalue weighted by molar-refractivity contribution is 9.10. The van der Waals surface area contributed by atoms with Crippen molar-refractivity contribution in [2.24, 2.45) is 5.73 Å². The molecule has 0 aromatic carbocycles. The molecule has 1 fully saturated rings. The molecule has 1 aliphatic carbocycles. The van der Waals surface area contributed by atoms with Crippen LogP contribution in [0.3, 0.4) is 0 Å². The van der Waals surface area contributed by atoms with Crippen molar-refractivity contribution in [1.82, 2.24) is 14.8 Å². The number of fused-ring (bicyclic) bond motifs is 1. The van der Waals surface area contributed by atoms with Gasteiger partial charge in [-0.3, -0.25) is 4.79 Å². The molecule has 0 spiro atoms. The van der Waals surface area contributed by atoms with Crippen molar-refractivity contribution in [2.75, 3.05) is 0 Å². The molecule has 2 aromatic rings. The van der Waals surface area contributed by atoms with Gasteiger partial charge in [-0.1, -0.05) is 0 Å². The Hall–Kier alpha value is -1.43. The molecule has 17 heavy (non-hydrogen) atoms. The molecule has 1 aliphatic rings. The van der Waals surface area contributed by atoms with E-state index in [4.69, 9.17) is 5.73 Å². The topological polar surface area (TPSA) is 73.8 Å². The van der Waals surface area contributed by atoms with Crippen molar-refractivity contribution in [3.8, 4) is 0 Å². The van der Waals surface area contributed by atoms with Crippen molar-refractivity contribution in [3.05, 3.63) is 22.9 Å². The summed E-state index contributed by atoms with van der Waals surface area (Å²) in [6.45, 7) is 0. The van der Waals surface area contributed by atoms with Gasteiger partial charge < -0.3 is 5.73 Å². The predicted molar refractivity (Wildman–Crippen MR) is 66.2 cm³/mol. The highest BCUT2D eigenvalue weighted by Crippen LogP contribution is 2.40. The smallest absolute Gasteiger partial charge is 0.245 e. The molecule has 1 saturated carbocycles. The van der Waals surface area contributed by atoms with Crippen molar-refractivity contribution < 1.29 is 4.79 Å². The summed E-state index contributed by atoms with van der Waals surface area (Å²) in [5, 5.41) is 5.20.